The molecule has 41 heavy (non-hydrogen) atoms. The summed E-state index contributed by atoms with van der Waals surface area (Å²) in [6.07, 6.45) is -1.36. The van der Waals surface area contributed by atoms with E-state index in [1.54, 1.807) is 32.2 Å². The number of nitrogen functional groups attached to an aromatic ring is 1. The second-order valence-corrected chi connectivity index (χ2v) is 9.88. The quantitative estimate of drug-likeness (QED) is 0.130. The monoisotopic (exact) mass is 572 g/mol. The van der Waals surface area contributed by atoms with Gasteiger partial charge in [-0.25, -0.2) is 9.98 Å². The van der Waals surface area contributed by atoms with Gasteiger partial charge in [-0.1, -0.05) is 6.92 Å². The van der Waals surface area contributed by atoms with Crippen LogP contribution in [0.5, 0.6) is 5.75 Å². The Morgan fingerprint density at radius 2 is 1.88 bits per heavy atom. The smallest absolute Gasteiger partial charge is 0.416 e. The molecule has 1 unspecified atom stereocenters. The minimum atomic E-state index is -4.45. The number of nitrogens with zero attached hydrogens (tertiary/aromatic N) is 3. The number of halogens is 3. The topological polar surface area (TPSA) is 135 Å². The molecule has 0 saturated carbocycles. The van der Waals surface area contributed by atoms with Crippen LogP contribution in [0, 0.1) is 6.92 Å². The van der Waals surface area contributed by atoms with E-state index in [1.165, 1.54) is 19.1 Å². The van der Waals surface area contributed by atoms with Crippen LogP contribution in [0.2, 0.25) is 0 Å². The van der Waals surface area contributed by atoms with E-state index in [9.17, 15) is 22.8 Å². The number of nitrogens with one attached hydrogen (secondary N) is 1. The number of amidine groups is 1. The second-order valence-electron chi connectivity index (χ2n) is 9.88. The fraction of sp³-hybridized carbons (Fsp3) is 0.379. The van der Waals surface area contributed by atoms with Gasteiger partial charge in [0.1, 0.15) is 5.84 Å². The van der Waals surface area contributed by atoms with Crippen molar-refractivity contribution in [3.63, 3.8) is 0 Å². The third-order valence-electron chi connectivity index (χ3n) is 6.53. The Kier molecular flexibility index (Phi) is 10.3. The number of carbonyl (C=O) groups is 2. The van der Waals surface area contributed by atoms with Crippen molar-refractivity contribution >= 4 is 35.3 Å². The minimum Gasteiger partial charge on any atom is -0.424 e. The summed E-state index contributed by atoms with van der Waals surface area (Å²) in [6, 6.07) is 8.27. The molecule has 0 fully saturated rings. The number of aryl methyl sites for hydroxylation is 1. The Bertz CT molecular complexity index is 1380. The molecule has 1 atom stereocenters. The maximum Gasteiger partial charge on any atom is 0.416 e. The van der Waals surface area contributed by atoms with Crippen LogP contribution in [-0.4, -0.2) is 54.5 Å². The van der Waals surface area contributed by atoms with E-state index < -0.39 is 17.7 Å². The summed E-state index contributed by atoms with van der Waals surface area (Å²) < 4.78 is 44.4. The van der Waals surface area contributed by atoms with Crippen molar-refractivity contribution in [3.8, 4) is 5.75 Å². The van der Waals surface area contributed by atoms with Crippen LogP contribution < -0.4 is 21.5 Å². The first-order valence-electron chi connectivity index (χ1n) is 13.1. The van der Waals surface area contributed by atoms with E-state index in [0.717, 1.165) is 24.1 Å². The zero-order valence-corrected chi connectivity index (χ0v) is 23.5. The molecule has 0 spiro atoms. The SMILES string of the molecule is CCC(CCNC(=O)c1ccc(N)c(OC(C)=O)c1)N1CC(N)=C(C=NC(C)=Nc2cc(C)cc(C(F)(F)F)c2)C1. The van der Waals surface area contributed by atoms with Gasteiger partial charge >= 0.3 is 12.1 Å². The summed E-state index contributed by atoms with van der Waals surface area (Å²) in [7, 11) is 0. The van der Waals surface area contributed by atoms with Crippen molar-refractivity contribution in [2.75, 3.05) is 25.4 Å². The standard InChI is InChI=1S/C29H35F3N6O3/c1-5-24(8-9-35-28(40)20-6-7-25(33)27(12-20)41-19(4)39)38-15-21(26(34)16-38)14-36-18(3)37-23-11-17(2)10-22(13-23)29(30,31)32/h6-7,10-14,24H,5,8-9,15-16,33-34H2,1-4H3,(H,35,40). The van der Waals surface area contributed by atoms with Gasteiger partial charge in [0.2, 0.25) is 0 Å². The molecule has 0 saturated heterocycles. The van der Waals surface area contributed by atoms with Crippen molar-refractivity contribution in [3.05, 3.63) is 64.4 Å². The number of hydrogen-bond acceptors (Lipinski definition) is 7. The summed E-state index contributed by atoms with van der Waals surface area (Å²) >= 11 is 0. The lowest BCUT2D eigenvalue weighted by molar-refractivity contribution is -0.137. The zero-order chi connectivity index (χ0) is 30.3. The Balaban J connectivity index is 1.57. The van der Waals surface area contributed by atoms with Crippen LogP contribution >= 0.6 is 0 Å². The average Bonchev–Trinajstić information content (AvgIpc) is 3.25. The molecule has 1 amide bonds. The number of ether oxygens (including phenoxy) is 1. The fourth-order valence-corrected chi connectivity index (χ4v) is 4.47. The van der Waals surface area contributed by atoms with E-state index in [2.05, 4.69) is 20.2 Å². The molecule has 3 rings (SSSR count). The molecule has 1 aliphatic heterocycles. The molecule has 220 valence electrons. The molecule has 1 aliphatic rings. The molecule has 0 aromatic heterocycles. The van der Waals surface area contributed by atoms with E-state index in [-0.39, 0.29) is 29.1 Å². The van der Waals surface area contributed by atoms with Crippen LogP contribution in [0.3, 0.4) is 0 Å². The maximum absolute atomic E-state index is 13.1. The summed E-state index contributed by atoms with van der Waals surface area (Å²) in [6.45, 7) is 7.98. The highest BCUT2D eigenvalue weighted by Crippen LogP contribution is 2.32. The van der Waals surface area contributed by atoms with Gasteiger partial charge in [-0.15, -0.1) is 0 Å². The van der Waals surface area contributed by atoms with E-state index >= 15 is 0 Å². The van der Waals surface area contributed by atoms with Crippen LogP contribution in [0.25, 0.3) is 0 Å². The Morgan fingerprint density at radius 3 is 2.54 bits per heavy atom. The van der Waals surface area contributed by atoms with Crippen molar-refractivity contribution < 1.29 is 27.5 Å². The predicted molar refractivity (Wildman–Crippen MR) is 153 cm³/mol. The Hall–Kier alpha value is -4.19. The number of hydrogen-bond donors (Lipinski definition) is 3. The lowest BCUT2D eigenvalue weighted by Gasteiger charge is -2.27. The van der Waals surface area contributed by atoms with Gasteiger partial charge in [-0.3, -0.25) is 14.5 Å². The third kappa shape index (κ3) is 8.90. The first-order chi connectivity index (χ1) is 19.3. The number of alkyl halides is 3. The number of amides is 1. The van der Waals surface area contributed by atoms with Gasteiger partial charge in [0.05, 0.1) is 16.9 Å². The number of anilines is 1. The molecule has 0 aliphatic carbocycles. The van der Waals surface area contributed by atoms with Gasteiger partial charge in [-0.05, 0) is 68.7 Å². The van der Waals surface area contributed by atoms with Gasteiger partial charge in [0, 0.05) is 55.6 Å². The van der Waals surface area contributed by atoms with Crippen molar-refractivity contribution in [2.24, 2.45) is 15.7 Å². The molecular formula is C29H35F3N6O3. The van der Waals surface area contributed by atoms with Crippen LogP contribution in [0.15, 0.2) is 57.7 Å². The highest BCUT2D eigenvalue weighted by Gasteiger charge is 2.31. The highest BCUT2D eigenvalue weighted by molar-refractivity contribution is 5.96. The summed E-state index contributed by atoms with van der Waals surface area (Å²) in [5, 5.41) is 2.89. The number of esters is 1. The third-order valence-corrected chi connectivity index (χ3v) is 6.53. The molecule has 5 N–H and O–H groups in total. The van der Waals surface area contributed by atoms with E-state index in [4.69, 9.17) is 16.2 Å². The van der Waals surface area contributed by atoms with Gasteiger partial charge in [0.25, 0.3) is 5.91 Å². The van der Waals surface area contributed by atoms with Crippen molar-refractivity contribution in [1.82, 2.24) is 10.2 Å². The number of benzene rings is 2. The maximum atomic E-state index is 13.1. The summed E-state index contributed by atoms with van der Waals surface area (Å²) in [5.74, 6) is -0.409. The van der Waals surface area contributed by atoms with Gasteiger partial charge in [0.15, 0.2) is 5.75 Å². The van der Waals surface area contributed by atoms with Crippen LogP contribution in [0.1, 0.15) is 55.1 Å². The first-order valence-corrected chi connectivity index (χ1v) is 13.1. The normalized spacial score (nSPS) is 15.4. The molecule has 2 aromatic rings. The van der Waals surface area contributed by atoms with Crippen LogP contribution in [-0.2, 0) is 11.0 Å². The largest absolute Gasteiger partial charge is 0.424 e. The predicted octanol–water partition coefficient (Wildman–Crippen LogP) is 4.77. The molecular weight excluding hydrogens is 537 g/mol. The summed E-state index contributed by atoms with van der Waals surface area (Å²) in [5.41, 5.74) is 14.0. The fourth-order valence-electron chi connectivity index (χ4n) is 4.47. The van der Waals surface area contributed by atoms with Gasteiger partial charge < -0.3 is 21.5 Å². The van der Waals surface area contributed by atoms with E-state index in [1.807, 2.05) is 6.92 Å². The van der Waals surface area contributed by atoms with Crippen LogP contribution in [0.4, 0.5) is 24.5 Å². The highest BCUT2D eigenvalue weighted by atomic mass is 19.4. The first kappa shape index (κ1) is 31.3. The Labute approximate surface area is 237 Å². The summed E-state index contributed by atoms with van der Waals surface area (Å²) in [4.78, 5) is 34.6. The van der Waals surface area contributed by atoms with E-state index in [0.29, 0.717) is 48.7 Å². The number of carbonyl (C=O) groups excluding carboxylic acids is 2. The number of rotatable bonds is 9. The van der Waals surface area contributed by atoms with Gasteiger partial charge in [-0.2, -0.15) is 13.2 Å². The second kappa shape index (κ2) is 13.4. The van der Waals surface area contributed by atoms with Crippen molar-refractivity contribution in [2.45, 2.75) is 52.8 Å². The molecule has 0 bridgehead atoms. The Morgan fingerprint density at radius 1 is 1.15 bits per heavy atom. The number of nitrogens with two attached hydrogens (primary N) is 2. The molecule has 1 heterocycles. The minimum absolute atomic E-state index is 0.130. The molecule has 9 nitrogen and oxygen atoms in total. The lowest BCUT2D eigenvalue weighted by atomic mass is 10.1. The lowest BCUT2D eigenvalue weighted by Crippen LogP contribution is -2.37. The average molecular weight is 573 g/mol. The molecule has 0 radical (unpaired) electrons. The number of aliphatic imine (C=N–C) groups is 2. The molecule has 2 aromatic carbocycles. The van der Waals surface area contributed by atoms with Crippen molar-refractivity contribution in [1.29, 1.82) is 0 Å². The molecule has 12 heteroatoms. The zero-order valence-electron chi connectivity index (χ0n) is 23.5.